The summed E-state index contributed by atoms with van der Waals surface area (Å²) in [4.78, 5) is 28.7. The summed E-state index contributed by atoms with van der Waals surface area (Å²) in [6.45, 7) is 15.1. The molecular formula is C22H32N6O. The summed E-state index contributed by atoms with van der Waals surface area (Å²) in [7, 11) is 0. The first-order valence-electron chi connectivity index (χ1n) is 10.5. The topological polar surface area (TPSA) is 64.6 Å². The molecule has 2 aromatic rings. The Bertz CT molecular complexity index is 811. The number of hydrogen-bond donors (Lipinski definition) is 1. The Balaban J connectivity index is 1.70. The van der Waals surface area contributed by atoms with E-state index in [-0.39, 0.29) is 5.91 Å². The van der Waals surface area contributed by atoms with Gasteiger partial charge in [-0.15, -0.1) is 0 Å². The molecule has 1 amide bonds. The maximum atomic E-state index is 12.8. The van der Waals surface area contributed by atoms with E-state index >= 15 is 0 Å². The summed E-state index contributed by atoms with van der Waals surface area (Å²) >= 11 is 0. The van der Waals surface area contributed by atoms with Gasteiger partial charge in [-0.05, 0) is 57.6 Å². The van der Waals surface area contributed by atoms with Gasteiger partial charge >= 0.3 is 0 Å². The van der Waals surface area contributed by atoms with Gasteiger partial charge in [-0.2, -0.15) is 0 Å². The van der Waals surface area contributed by atoms with Crippen LogP contribution in [-0.4, -0.2) is 66.6 Å². The molecule has 1 aromatic carbocycles. The summed E-state index contributed by atoms with van der Waals surface area (Å²) in [5.41, 5.74) is 3.12. The fourth-order valence-corrected chi connectivity index (χ4v) is 3.61. The lowest BCUT2D eigenvalue weighted by molar-refractivity contribution is 0.102. The zero-order valence-electron chi connectivity index (χ0n) is 18.0. The molecule has 7 heteroatoms. The summed E-state index contributed by atoms with van der Waals surface area (Å²) in [5, 5.41) is 2.96. The van der Waals surface area contributed by atoms with Crippen molar-refractivity contribution < 1.29 is 4.79 Å². The van der Waals surface area contributed by atoms with Gasteiger partial charge in [0, 0.05) is 56.3 Å². The Kier molecular flexibility index (Phi) is 7.04. The number of piperazine rings is 1. The summed E-state index contributed by atoms with van der Waals surface area (Å²) in [6.07, 6.45) is 0. The molecule has 1 fully saturated rings. The third-order valence-electron chi connectivity index (χ3n) is 5.43. The monoisotopic (exact) mass is 396 g/mol. The molecule has 2 heterocycles. The molecule has 0 aliphatic carbocycles. The number of nitrogens with one attached hydrogen (secondary N) is 1. The van der Waals surface area contributed by atoms with E-state index in [1.54, 1.807) is 6.07 Å². The first-order chi connectivity index (χ1) is 14.0. The van der Waals surface area contributed by atoms with E-state index in [1.165, 1.54) is 0 Å². The van der Waals surface area contributed by atoms with Crippen LogP contribution in [0.15, 0.2) is 30.3 Å². The van der Waals surface area contributed by atoms with Gasteiger partial charge in [0.05, 0.1) is 0 Å². The fourth-order valence-electron chi connectivity index (χ4n) is 3.61. The third-order valence-corrected chi connectivity index (χ3v) is 5.43. The number of benzene rings is 1. The molecule has 7 nitrogen and oxygen atoms in total. The summed E-state index contributed by atoms with van der Waals surface area (Å²) < 4.78 is 0. The second-order valence-electron chi connectivity index (χ2n) is 7.29. The largest absolute Gasteiger partial charge is 0.372 e. The second kappa shape index (κ2) is 9.69. The maximum Gasteiger partial charge on any atom is 0.274 e. The van der Waals surface area contributed by atoms with E-state index in [0.717, 1.165) is 62.9 Å². The molecule has 1 N–H and O–H groups in total. The van der Waals surface area contributed by atoms with Crippen molar-refractivity contribution in [2.45, 2.75) is 27.7 Å². The molecule has 1 aliphatic heterocycles. The molecule has 0 spiro atoms. The van der Waals surface area contributed by atoms with Crippen LogP contribution in [0.4, 0.5) is 17.3 Å². The first-order valence-corrected chi connectivity index (χ1v) is 10.5. The van der Waals surface area contributed by atoms with Crippen LogP contribution >= 0.6 is 0 Å². The quantitative estimate of drug-likeness (QED) is 0.776. The number of aromatic nitrogens is 2. The molecule has 1 aliphatic rings. The number of hydrogen-bond acceptors (Lipinski definition) is 6. The molecule has 0 atom stereocenters. The molecule has 0 saturated carbocycles. The molecule has 1 aromatic heterocycles. The summed E-state index contributed by atoms with van der Waals surface area (Å²) in [5.74, 6) is 0.433. The average Bonchev–Trinajstić information content (AvgIpc) is 2.75. The predicted octanol–water partition coefficient (Wildman–Crippen LogP) is 3.03. The number of likely N-dealkylation sites (N-methyl/N-ethyl adjacent to an activating group) is 1. The highest BCUT2D eigenvalue weighted by Crippen LogP contribution is 2.19. The molecule has 0 bridgehead atoms. The van der Waals surface area contributed by atoms with Gasteiger partial charge in [0.25, 0.3) is 5.91 Å². The van der Waals surface area contributed by atoms with Gasteiger partial charge in [-0.1, -0.05) is 6.92 Å². The minimum absolute atomic E-state index is 0.209. The Morgan fingerprint density at radius 2 is 1.69 bits per heavy atom. The van der Waals surface area contributed by atoms with Crippen LogP contribution in [-0.2, 0) is 0 Å². The van der Waals surface area contributed by atoms with Gasteiger partial charge in [0.15, 0.2) is 0 Å². The number of aryl methyl sites for hydroxylation is 1. The second-order valence-corrected chi connectivity index (χ2v) is 7.29. The van der Waals surface area contributed by atoms with Crippen molar-refractivity contribution in [2.24, 2.45) is 0 Å². The van der Waals surface area contributed by atoms with Crippen LogP contribution in [0.1, 0.15) is 37.0 Å². The highest BCUT2D eigenvalue weighted by Gasteiger charge is 2.20. The molecule has 156 valence electrons. The van der Waals surface area contributed by atoms with Crippen molar-refractivity contribution in [1.29, 1.82) is 0 Å². The lowest BCUT2D eigenvalue weighted by Crippen LogP contribution is -2.47. The van der Waals surface area contributed by atoms with Crippen molar-refractivity contribution >= 4 is 23.2 Å². The number of nitrogens with zero attached hydrogens (tertiary/aromatic N) is 5. The minimum atomic E-state index is -0.209. The Morgan fingerprint density at radius 3 is 2.28 bits per heavy atom. The number of carbonyl (C=O) groups is 1. The molecule has 0 radical (unpaired) electrons. The van der Waals surface area contributed by atoms with Crippen molar-refractivity contribution in [3.8, 4) is 0 Å². The van der Waals surface area contributed by atoms with Gasteiger partial charge in [0.2, 0.25) is 5.95 Å². The van der Waals surface area contributed by atoms with Crippen LogP contribution in [0.2, 0.25) is 0 Å². The van der Waals surface area contributed by atoms with Crippen molar-refractivity contribution in [3.05, 3.63) is 41.7 Å². The first kappa shape index (κ1) is 21.0. The number of amides is 1. The summed E-state index contributed by atoms with van der Waals surface area (Å²) in [6, 6.07) is 9.68. The highest BCUT2D eigenvalue weighted by molar-refractivity contribution is 6.03. The van der Waals surface area contributed by atoms with E-state index < -0.39 is 0 Å². The maximum absolute atomic E-state index is 12.8. The molecule has 3 rings (SSSR count). The van der Waals surface area contributed by atoms with Crippen LogP contribution in [0, 0.1) is 6.92 Å². The van der Waals surface area contributed by atoms with Crippen LogP contribution in [0.5, 0.6) is 0 Å². The van der Waals surface area contributed by atoms with Gasteiger partial charge in [-0.3, -0.25) is 4.79 Å². The highest BCUT2D eigenvalue weighted by atomic mass is 16.1. The molecular weight excluding hydrogens is 364 g/mol. The standard InChI is InChI=1S/C22H32N6O/c1-5-26-12-14-28(15-13-26)22-23-17(4)16-20(25-22)21(29)24-18-8-10-19(11-9-18)27(6-2)7-3/h8-11,16H,5-7,12-15H2,1-4H3,(H,24,29). The van der Waals surface area contributed by atoms with Crippen molar-refractivity contribution in [2.75, 3.05) is 60.9 Å². The lowest BCUT2D eigenvalue weighted by Gasteiger charge is -2.34. The molecule has 29 heavy (non-hydrogen) atoms. The smallest absolute Gasteiger partial charge is 0.274 e. The number of carbonyl (C=O) groups excluding carboxylic acids is 1. The normalized spacial score (nSPS) is 14.7. The lowest BCUT2D eigenvalue weighted by atomic mass is 10.2. The number of rotatable bonds is 7. The molecule has 0 unspecified atom stereocenters. The van der Waals surface area contributed by atoms with Crippen molar-refractivity contribution in [3.63, 3.8) is 0 Å². The van der Waals surface area contributed by atoms with Gasteiger partial charge in [-0.25, -0.2) is 9.97 Å². The average molecular weight is 397 g/mol. The van der Waals surface area contributed by atoms with Gasteiger partial charge in [0.1, 0.15) is 5.69 Å². The SMILES string of the molecule is CCN1CCN(c2nc(C)cc(C(=O)Nc3ccc(N(CC)CC)cc3)n2)CC1. The Morgan fingerprint density at radius 1 is 1.03 bits per heavy atom. The van der Waals surface area contributed by atoms with E-state index in [2.05, 4.69) is 50.8 Å². The predicted molar refractivity (Wildman–Crippen MR) is 119 cm³/mol. The van der Waals surface area contributed by atoms with E-state index in [1.807, 2.05) is 31.2 Å². The van der Waals surface area contributed by atoms with E-state index in [4.69, 9.17) is 0 Å². The minimum Gasteiger partial charge on any atom is -0.372 e. The van der Waals surface area contributed by atoms with Gasteiger partial charge < -0.3 is 20.0 Å². The van der Waals surface area contributed by atoms with E-state index in [9.17, 15) is 4.79 Å². The molecule has 1 saturated heterocycles. The van der Waals surface area contributed by atoms with Crippen molar-refractivity contribution in [1.82, 2.24) is 14.9 Å². The van der Waals surface area contributed by atoms with E-state index in [0.29, 0.717) is 11.6 Å². The van der Waals surface area contributed by atoms with Crippen LogP contribution in [0.25, 0.3) is 0 Å². The Labute approximate surface area is 173 Å². The zero-order chi connectivity index (χ0) is 20.8. The van der Waals surface area contributed by atoms with Crippen LogP contribution in [0.3, 0.4) is 0 Å². The zero-order valence-corrected chi connectivity index (χ0v) is 18.0. The van der Waals surface area contributed by atoms with Crippen LogP contribution < -0.4 is 15.1 Å². The number of anilines is 3. The Hall–Kier alpha value is -2.67. The fraction of sp³-hybridized carbons (Fsp3) is 0.500. The third kappa shape index (κ3) is 5.23.